The zero-order chi connectivity index (χ0) is 33.4. The molecule has 16 heteroatoms. The van der Waals surface area contributed by atoms with Gasteiger partial charge in [0.1, 0.15) is 37.1 Å². The average molecular weight is 639 g/mol. The third-order valence-corrected chi connectivity index (χ3v) is 8.71. The Kier molecular flexibility index (Phi) is 11.8. The molecule has 0 aromatic carbocycles. The summed E-state index contributed by atoms with van der Waals surface area (Å²) < 4.78 is 7.72. The molecule has 4 heterocycles. The van der Waals surface area contributed by atoms with Crippen LogP contribution in [0, 0.1) is 61.8 Å². The van der Waals surface area contributed by atoms with Crippen molar-refractivity contribution in [3.05, 3.63) is 79.7 Å². The Morgan fingerprint density at radius 1 is 0.522 bits per heavy atom. The molecule has 0 bridgehead atoms. The molecule has 250 valence electrons. The Labute approximate surface area is 269 Å². The van der Waals surface area contributed by atoms with E-state index >= 15 is 0 Å². The number of nitro groups is 2. The van der Waals surface area contributed by atoms with Crippen molar-refractivity contribution in [2.24, 2.45) is 0 Å². The number of rotatable bonds is 19. The Bertz CT molecular complexity index is 1460. The summed E-state index contributed by atoms with van der Waals surface area (Å²) in [6.45, 7) is 18.7. The van der Waals surface area contributed by atoms with Crippen molar-refractivity contribution in [1.82, 2.24) is 48.0 Å². The van der Waals surface area contributed by atoms with Crippen LogP contribution in [-0.2, 0) is 26.2 Å². The summed E-state index contributed by atoms with van der Waals surface area (Å²) in [5, 5.41) is 23.1. The monoisotopic (exact) mass is 638 g/mol. The standard InChI is InChI=1S/C30H46N12O4/c1-23-19-31-25(3)37(23)15-11-35(13-17-39-27(5)33-21-29(39)41(43)44)9-7-8-10-36(12-16-38-24(2)20-32-26(38)4)14-18-40-28(6)34-22-30(40)42(45)46/h19-22H,7-18H2,1-6H3. The van der Waals surface area contributed by atoms with Gasteiger partial charge < -0.3 is 29.4 Å². The van der Waals surface area contributed by atoms with E-state index < -0.39 is 0 Å². The topological polar surface area (TPSA) is 164 Å². The van der Waals surface area contributed by atoms with Gasteiger partial charge in [0.15, 0.2) is 11.6 Å². The van der Waals surface area contributed by atoms with Gasteiger partial charge in [0.05, 0.1) is 0 Å². The smallest absolute Gasteiger partial charge is 0.342 e. The number of hydrogen-bond acceptors (Lipinski definition) is 10. The van der Waals surface area contributed by atoms with Gasteiger partial charge in [0.25, 0.3) is 0 Å². The van der Waals surface area contributed by atoms with E-state index in [-0.39, 0.29) is 21.5 Å². The number of unbranched alkanes of at least 4 members (excludes halogenated alkanes) is 1. The molecule has 4 aromatic heterocycles. The molecule has 0 aliphatic carbocycles. The normalized spacial score (nSPS) is 11.7. The molecule has 16 nitrogen and oxygen atoms in total. The van der Waals surface area contributed by atoms with Crippen LogP contribution < -0.4 is 0 Å². The van der Waals surface area contributed by atoms with Crippen LogP contribution in [0.15, 0.2) is 24.8 Å². The number of nitrogens with zero attached hydrogens (tertiary/aromatic N) is 12. The number of aryl methyl sites for hydroxylation is 6. The minimum Gasteiger partial charge on any atom is -0.358 e. The first kappa shape index (κ1) is 34.4. The molecule has 0 radical (unpaired) electrons. The first-order chi connectivity index (χ1) is 22.0. The lowest BCUT2D eigenvalue weighted by atomic mass is 10.2. The van der Waals surface area contributed by atoms with Gasteiger partial charge in [-0.2, -0.15) is 0 Å². The molecule has 4 aromatic rings. The van der Waals surface area contributed by atoms with Gasteiger partial charge in [0, 0.05) is 76.9 Å². The second-order valence-corrected chi connectivity index (χ2v) is 11.7. The van der Waals surface area contributed by atoms with Crippen molar-refractivity contribution in [1.29, 1.82) is 0 Å². The molecule has 0 spiro atoms. The zero-order valence-electron chi connectivity index (χ0n) is 27.8. The van der Waals surface area contributed by atoms with Crippen molar-refractivity contribution < 1.29 is 9.85 Å². The fourth-order valence-corrected chi connectivity index (χ4v) is 5.90. The summed E-state index contributed by atoms with van der Waals surface area (Å²) in [6.07, 6.45) is 8.24. The first-order valence-electron chi connectivity index (χ1n) is 15.7. The molecular weight excluding hydrogens is 592 g/mol. The van der Waals surface area contributed by atoms with E-state index in [1.807, 2.05) is 40.1 Å². The minimum atomic E-state index is -0.385. The van der Waals surface area contributed by atoms with Crippen molar-refractivity contribution >= 4 is 11.6 Å². The highest BCUT2D eigenvalue weighted by Gasteiger charge is 2.20. The summed E-state index contributed by atoms with van der Waals surface area (Å²) in [5.74, 6) is 3.19. The van der Waals surface area contributed by atoms with Crippen LogP contribution in [0.5, 0.6) is 0 Å². The summed E-state index contributed by atoms with van der Waals surface area (Å²) in [4.78, 5) is 44.2. The van der Waals surface area contributed by atoms with Crippen molar-refractivity contribution in [3.63, 3.8) is 0 Å². The van der Waals surface area contributed by atoms with E-state index in [9.17, 15) is 20.2 Å². The van der Waals surface area contributed by atoms with Gasteiger partial charge in [-0.1, -0.05) is 0 Å². The van der Waals surface area contributed by atoms with E-state index in [4.69, 9.17) is 0 Å². The maximum absolute atomic E-state index is 11.5. The molecule has 0 N–H and O–H groups in total. The molecule has 0 saturated carbocycles. The van der Waals surface area contributed by atoms with Crippen LogP contribution in [-0.4, -0.2) is 97.1 Å². The van der Waals surface area contributed by atoms with Crippen LogP contribution in [0.4, 0.5) is 11.6 Å². The largest absolute Gasteiger partial charge is 0.358 e. The maximum atomic E-state index is 11.5. The summed E-state index contributed by atoms with van der Waals surface area (Å²) in [5.41, 5.74) is 2.21. The molecule has 0 atom stereocenters. The van der Waals surface area contributed by atoms with Gasteiger partial charge in [-0.05, 0) is 63.5 Å². The Hall–Kier alpha value is -4.44. The van der Waals surface area contributed by atoms with E-state index in [1.165, 1.54) is 12.4 Å². The molecular formula is C30H46N12O4. The Morgan fingerprint density at radius 3 is 1.13 bits per heavy atom. The second-order valence-electron chi connectivity index (χ2n) is 11.7. The van der Waals surface area contributed by atoms with Crippen LogP contribution in [0.3, 0.4) is 0 Å². The van der Waals surface area contributed by atoms with Crippen molar-refractivity contribution in [2.75, 3.05) is 39.3 Å². The van der Waals surface area contributed by atoms with Gasteiger partial charge in [-0.25, -0.2) is 29.1 Å². The first-order valence-corrected chi connectivity index (χ1v) is 15.7. The minimum absolute atomic E-state index is 0.00567. The third kappa shape index (κ3) is 8.63. The number of aromatic nitrogens is 8. The van der Waals surface area contributed by atoms with Gasteiger partial charge in [-0.15, -0.1) is 0 Å². The van der Waals surface area contributed by atoms with Crippen molar-refractivity contribution in [2.45, 2.75) is 80.6 Å². The van der Waals surface area contributed by atoms with Crippen LogP contribution in [0.1, 0.15) is 47.5 Å². The lowest BCUT2D eigenvalue weighted by Gasteiger charge is -2.25. The summed E-state index contributed by atoms with van der Waals surface area (Å²) in [7, 11) is 0. The highest BCUT2D eigenvalue weighted by atomic mass is 16.6. The summed E-state index contributed by atoms with van der Waals surface area (Å²) >= 11 is 0. The predicted molar refractivity (Wildman–Crippen MR) is 173 cm³/mol. The van der Waals surface area contributed by atoms with Crippen LogP contribution >= 0.6 is 0 Å². The SMILES string of the molecule is Cc1cnc(C)n1CCN(CCCCN(CCn1c(C)cnc1C)CCn1c([N+](=O)[O-])cnc1C)CCn1c([N+](=O)[O-])cnc1C. The lowest BCUT2D eigenvalue weighted by molar-refractivity contribution is -0.392. The van der Waals surface area contributed by atoms with Gasteiger partial charge in [0.2, 0.25) is 0 Å². The molecule has 0 aliphatic rings. The van der Waals surface area contributed by atoms with E-state index in [2.05, 4.69) is 38.9 Å². The zero-order valence-corrected chi connectivity index (χ0v) is 27.8. The molecule has 4 rings (SSSR count). The van der Waals surface area contributed by atoms with E-state index in [0.717, 1.165) is 75.1 Å². The van der Waals surface area contributed by atoms with Crippen molar-refractivity contribution in [3.8, 4) is 0 Å². The number of imidazole rings is 4. The predicted octanol–water partition coefficient (Wildman–Crippen LogP) is 3.62. The molecule has 0 saturated heterocycles. The molecule has 0 aliphatic heterocycles. The fraction of sp³-hybridized carbons (Fsp3) is 0.600. The van der Waals surface area contributed by atoms with Crippen LogP contribution in [0.2, 0.25) is 0 Å². The fourth-order valence-electron chi connectivity index (χ4n) is 5.90. The Morgan fingerprint density at radius 2 is 0.826 bits per heavy atom. The molecule has 0 fully saturated rings. The van der Waals surface area contributed by atoms with E-state index in [0.29, 0.717) is 37.8 Å². The van der Waals surface area contributed by atoms with Crippen LogP contribution in [0.25, 0.3) is 0 Å². The third-order valence-electron chi connectivity index (χ3n) is 8.71. The molecule has 46 heavy (non-hydrogen) atoms. The highest BCUT2D eigenvalue weighted by Crippen LogP contribution is 2.16. The van der Waals surface area contributed by atoms with Gasteiger partial charge in [-0.3, -0.25) is 9.80 Å². The second kappa shape index (κ2) is 15.7. The van der Waals surface area contributed by atoms with Gasteiger partial charge >= 0.3 is 11.6 Å². The Balaban J connectivity index is 1.40. The quantitative estimate of drug-likeness (QED) is 0.0842. The van der Waals surface area contributed by atoms with E-state index in [1.54, 1.807) is 23.0 Å². The summed E-state index contributed by atoms with van der Waals surface area (Å²) in [6, 6.07) is 0. The lowest BCUT2D eigenvalue weighted by Crippen LogP contribution is -2.34. The average Bonchev–Trinajstić information content (AvgIpc) is 3.75. The molecule has 0 amide bonds. The maximum Gasteiger partial charge on any atom is 0.342 e. The molecule has 0 unspecified atom stereocenters. The number of hydrogen-bond donors (Lipinski definition) is 0. The highest BCUT2D eigenvalue weighted by molar-refractivity contribution is 5.19.